The van der Waals surface area contributed by atoms with E-state index in [1.54, 1.807) is 0 Å². The molecule has 1 saturated heterocycles. The van der Waals surface area contributed by atoms with Gasteiger partial charge in [-0.3, -0.25) is 0 Å². The Kier molecular flexibility index (Phi) is 16.9. The first-order chi connectivity index (χ1) is 14.2. The third-order valence-electron chi connectivity index (χ3n) is 6.41. The normalized spacial score (nSPS) is 19.7. The molecule has 0 aromatic carbocycles. The minimum atomic E-state index is -2.32. The van der Waals surface area contributed by atoms with Crippen molar-refractivity contribution in [3.63, 3.8) is 0 Å². The van der Waals surface area contributed by atoms with Crippen LogP contribution in [0.5, 0.6) is 0 Å². The van der Waals surface area contributed by atoms with Crippen molar-refractivity contribution in [2.45, 2.75) is 143 Å². The Morgan fingerprint density at radius 3 is 2.00 bits per heavy atom. The van der Waals surface area contributed by atoms with Crippen LogP contribution in [-0.4, -0.2) is 37.4 Å². The molecule has 0 amide bonds. The molecule has 2 nitrogen and oxygen atoms in total. The van der Waals surface area contributed by atoms with E-state index < -0.39 is 18.4 Å². The Balaban J connectivity index is 2.51. The van der Waals surface area contributed by atoms with Gasteiger partial charge in [-0.05, 0) is 0 Å². The number of hydrogen-bond acceptors (Lipinski definition) is 2. The molecule has 0 unspecified atom stereocenters. The molecule has 0 bridgehead atoms. The van der Waals surface area contributed by atoms with Gasteiger partial charge in [-0.2, -0.15) is 0 Å². The average molecular weight is 513 g/mol. The van der Waals surface area contributed by atoms with Crippen molar-refractivity contribution in [2.75, 3.05) is 6.61 Å². The van der Waals surface area contributed by atoms with Gasteiger partial charge in [-0.1, -0.05) is 6.92 Å². The van der Waals surface area contributed by atoms with Gasteiger partial charge in [0, 0.05) is 0 Å². The summed E-state index contributed by atoms with van der Waals surface area (Å²) in [6.07, 6.45) is 18.5. The maximum absolute atomic E-state index is 6.22. The SMILES string of the molecule is CCCCCC[C@H]1CCC[C@@H](OCC#[C][Sn]([CH2]CCC)([CH2]CCC)[CH2]CCC)O1. The van der Waals surface area contributed by atoms with Crippen molar-refractivity contribution in [1.29, 1.82) is 0 Å². The van der Waals surface area contributed by atoms with Crippen molar-refractivity contribution in [3.8, 4) is 9.86 Å². The van der Waals surface area contributed by atoms with Crippen molar-refractivity contribution < 1.29 is 9.47 Å². The van der Waals surface area contributed by atoms with Crippen LogP contribution >= 0.6 is 0 Å². The number of ether oxygens (including phenoxy) is 2. The maximum atomic E-state index is 6.22. The predicted octanol–water partition coefficient (Wildman–Crippen LogP) is 8.26. The van der Waals surface area contributed by atoms with E-state index in [1.165, 1.54) is 96.8 Å². The fourth-order valence-electron chi connectivity index (χ4n) is 4.46. The first-order valence-corrected chi connectivity index (χ1v) is 20.4. The average Bonchev–Trinajstić information content (AvgIpc) is 2.75. The molecule has 1 aliphatic heterocycles. The van der Waals surface area contributed by atoms with Gasteiger partial charge in [0.05, 0.1) is 0 Å². The Bertz CT molecular complexity index is 418. The van der Waals surface area contributed by atoms with E-state index in [4.69, 9.17) is 9.47 Å². The van der Waals surface area contributed by atoms with Crippen molar-refractivity contribution in [1.82, 2.24) is 0 Å². The molecule has 2 atom stereocenters. The van der Waals surface area contributed by atoms with Gasteiger partial charge in [-0.25, -0.2) is 0 Å². The van der Waals surface area contributed by atoms with Crippen LogP contribution in [0.1, 0.15) is 118 Å². The Hall–Kier alpha value is 0.279. The standard InChI is InChI=1S/C14H23O2.3C4H9.Sn/c1-3-5-6-7-9-13-10-8-11-14(16-13)15-12-4-2;3*1-3-4-2;/h13-14H,3,5-12H2,1H3;3*1,3-4H2,2H3;/t13-,14-;;;;/m0..../s1. The molecular weight excluding hydrogens is 463 g/mol. The fourth-order valence-corrected chi connectivity index (χ4v) is 17.8. The molecule has 1 heterocycles. The number of rotatable bonds is 16. The molecule has 29 heavy (non-hydrogen) atoms. The summed E-state index contributed by atoms with van der Waals surface area (Å²) in [6, 6.07) is 0. The van der Waals surface area contributed by atoms with Gasteiger partial charge in [0.25, 0.3) is 0 Å². The second kappa shape index (κ2) is 17.9. The quantitative estimate of drug-likeness (QED) is 0.118. The summed E-state index contributed by atoms with van der Waals surface area (Å²) >= 11 is -2.32. The van der Waals surface area contributed by atoms with E-state index >= 15 is 0 Å². The summed E-state index contributed by atoms with van der Waals surface area (Å²) in [5, 5.41) is 0. The number of hydrogen-bond donors (Lipinski definition) is 0. The summed E-state index contributed by atoms with van der Waals surface area (Å²) in [4.78, 5) is 0. The van der Waals surface area contributed by atoms with Gasteiger partial charge < -0.3 is 0 Å². The first-order valence-electron chi connectivity index (χ1n) is 13.0. The van der Waals surface area contributed by atoms with E-state index in [2.05, 4.69) is 37.6 Å². The minimum absolute atomic E-state index is 0.0132. The Morgan fingerprint density at radius 2 is 1.41 bits per heavy atom. The molecule has 0 aliphatic carbocycles. The fraction of sp³-hybridized carbons (Fsp3) is 0.923. The monoisotopic (exact) mass is 514 g/mol. The zero-order valence-electron chi connectivity index (χ0n) is 20.2. The topological polar surface area (TPSA) is 18.5 Å². The van der Waals surface area contributed by atoms with Crippen molar-refractivity contribution in [3.05, 3.63) is 0 Å². The summed E-state index contributed by atoms with van der Waals surface area (Å²) in [5.41, 5.74) is 0. The van der Waals surface area contributed by atoms with Gasteiger partial charge in [-0.15, -0.1) is 0 Å². The van der Waals surface area contributed by atoms with E-state index in [0.717, 1.165) is 6.42 Å². The zero-order valence-corrected chi connectivity index (χ0v) is 23.1. The van der Waals surface area contributed by atoms with E-state index in [0.29, 0.717) is 12.7 Å². The molecule has 0 aromatic heterocycles. The molecule has 0 saturated carbocycles. The van der Waals surface area contributed by atoms with Gasteiger partial charge in [0.2, 0.25) is 0 Å². The summed E-state index contributed by atoms with van der Waals surface area (Å²) < 4.78 is 20.6. The molecular formula is C26H50O2Sn. The van der Waals surface area contributed by atoms with Crippen LogP contribution in [0.3, 0.4) is 0 Å². The van der Waals surface area contributed by atoms with Crippen LogP contribution in [0.4, 0.5) is 0 Å². The molecule has 0 N–H and O–H groups in total. The number of unbranched alkanes of at least 4 members (excludes halogenated alkanes) is 6. The van der Waals surface area contributed by atoms with Crippen LogP contribution in [-0.2, 0) is 9.47 Å². The zero-order chi connectivity index (χ0) is 21.2. The Labute approximate surface area is 187 Å². The van der Waals surface area contributed by atoms with Crippen LogP contribution in [0.2, 0.25) is 13.3 Å². The molecule has 0 radical (unpaired) electrons. The predicted molar refractivity (Wildman–Crippen MR) is 130 cm³/mol. The van der Waals surface area contributed by atoms with Crippen LogP contribution in [0, 0.1) is 9.86 Å². The van der Waals surface area contributed by atoms with Crippen molar-refractivity contribution in [2.24, 2.45) is 0 Å². The summed E-state index contributed by atoms with van der Waals surface area (Å²) in [7, 11) is 0. The molecule has 0 spiro atoms. The molecule has 170 valence electrons. The van der Waals surface area contributed by atoms with Crippen LogP contribution < -0.4 is 0 Å². The van der Waals surface area contributed by atoms with E-state index in [1.807, 2.05) is 0 Å². The van der Waals surface area contributed by atoms with E-state index in [9.17, 15) is 0 Å². The van der Waals surface area contributed by atoms with Gasteiger partial charge in [0.15, 0.2) is 0 Å². The molecule has 3 heteroatoms. The Morgan fingerprint density at radius 1 is 0.793 bits per heavy atom. The molecule has 1 aliphatic rings. The summed E-state index contributed by atoms with van der Waals surface area (Å²) in [5.74, 6) is 3.52. The van der Waals surface area contributed by atoms with Crippen LogP contribution in [0.25, 0.3) is 0 Å². The van der Waals surface area contributed by atoms with Crippen molar-refractivity contribution >= 4 is 18.4 Å². The first kappa shape index (κ1) is 27.3. The van der Waals surface area contributed by atoms with Crippen LogP contribution in [0.15, 0.2) is 0 Å². The van der Waals surface area contributed by atoms with Gasteiger partial charge >= 0.3 is 181 Å². The molecule has 1 rings (SSSR count). The second-order valence-electron chi connectivity index (χ2n) is 9.17. The third-order valence-corrected chi connectivity index (χ3v) is 19.7. The third kappa shape index (κ3) is 12.7. The van der Waals surface area contributed by atoms with E-state index in [-0.39, 0.29) is 6.29 Å². The molecule has 1 fully saturated rings. The second-order valence-corrected chi connectivity index (χ2v) is 21.5. The summed E-state index contributed by atoms with van der Waals surface area (Å²) in [6.45, 7) is 9.83. The van der Waals surface area contributed by atoms with Gasteiger partial charge in [0.1, 0.15) is 0 Å². The molecule has 0 aromatic rings.